The normalized spacial score (nSPS) is 11.4. The van der Waals surface area contributed by atoms with Crippen molar-refractivity contribution in [3.63, 3.8) is 0 Å². The SMILES string of the molecule is CN(CC(N)=NO)C(=O)c1ccc(F)cc1F. The Bertz CT molecular complexity index is 463. The zero-order valence-electron chi connectivity index (χ0n) is 9.02. The molecule has 0 atom stereocenters. The number of carbonyl (C=O) groups is 1. The van der Waals surface area contributed by atoms with Gasteiger partial charge in [0.1, 0.15) is 11.6 Å². The minimum absolute atomic E-state index is 0.161. The molecule has 0 saturated heterocycles. The number of halogens is 2. The van der Waals surface area contributed by atoms with Crippen molar-refractivity contribution in [2.24, 2.45) is 10.9 Å². The lowest BCUT2D eigenvalue weighted by atomic mass is 10.2. The molecule has 1 rings (SSSR count). The number of benzene rings is 1. The second-order valence-electron chi connectivity index (χ2n) is 3.38. The van der Waals surface area contributed by atoms with Crippen LogP contribution in [0, 0.1) is 11.6 Å². The number of nitrogens with two attached hydrogens (primary N) is 1. The molecule has 0 aliphatic carbocycles. The number of hydrogen-bond donors (Lipinski definition) is 2. The van der Waals surface area contributed by atoms with E-state index in [4.69, 9.17) is 10.9 Å². The Kier molecular flexibility index (Phi) is 3.97. The van der Waals surface area contributed by atoms with Crippen LogP contribution in [-0.4, -0.2) is 35.4 Å². The Labute approximate surface area is 96.1 Å². The Balaban J connectivity index is 2.89. The molecule has 0 bridgehead atoms. The Morgan fingerprint density at radius 1 is 1.53 bits per heavy atom. The first kappa shape index (κ1) is 12.9. The number of amidine groups is 1. The quantitative estimate of drug-likeness (QED) is 0.356. The molecular weight excluding hydrogens is 232 g/mol. The third-order valence-electron chi connectivity index (χ3n) is 2.04. The van der Waals surface area contributed by atoms with E-state index >= 15 is 0 Å². The first-order valence-electron chi connectivity index (χ1n) is 4.62. The minimum Gasteiger partial charge on any atom is -0.409 e. The number of rotatable bonds is 3. The van der Waals surface area contributed by atoms with Crippen molar-refractivity contribution in [1.82, 2.24) is 4.90 Å². The van der Waals surface area contributed by atoms with Gasteiger partial charge in [-0.3, -0.25) is 4.79 Å². The standard InChI is InChI=1S/C10H11F2N3O2/c1-15(5-9(13)14-17)10(16)7-3-2-6(11)4-8(7)12/h2-4,17H,5H2,1H3,(H2,13,14). The predicted molar refractivity (Wildman–Crippen MR) is 56.7 cm³/mol. The van der Waals surface area contributed by atoms with Gasteiger partial charge in [0.2, 0.25) is 0 Å². The van der Waals surface area contributed by atoms with Crippen LogP contribution in [0.5, 0.6) is 0 Å². The average Bonchev–Trinajstić information content (AvgIpc) is 2.28. The highest BCUT2D eigenvalue weighted by atomic mass is 19.1. The third kappa shape index (κ3) is 3.13. The van der Waals surface area contributed by atoms with E-state index in [2.05, 4.69) is 5.16 Å². The molecule has 0 spiro atoms. The fraction of sp³-hybridized carbons (Fsp3) is 0.200. The molecule has 3 N–H and O–H groups in total. The van der Waals surface area contributed by atoms with E-state index < -0.39 is 17.5 Å². The van der Waals surface area contributed by atoms with Crippen LogP contribution in [0.1, 0.15) is 10.4 Å². The van der Waals surface area contributed by atoms with Crippen LogP contribution in [0.25, 0.3) is 0 Å². The monoisotopic (exact) mass is 243 g/mol. The molecule has 0 radical (unpaired) electrons. The van der Waals surface area contributed by atoms with Crippen LogP contribution in [-0.2, 0) is 0 Å². The number of likely N-dealkylation sites (N-methyl/N-ethyl adjacent to an activating group) is 1. The van der Waals surface area contributed by atoms with Gasteiger partial charge in [-0.1, -0.05) is 5.16 Å². The number of oxime groups is 1. The second kappa shape index (κ2) is 5.24. The summed E-state index contributed by atoms with van der Waals surface area (Å²) in [7, 11) is 1.35. The van der Waals surface area contributed by atoms with Crippen LogP contribution in [0.4, 0.5) is 8.78 Å². The summed E-state index contributed by atoms with van der Waals surface area (Å²) in [5.74, 6) is -2.60. The molecule has 0 heterocycles. The van der Waals surface area contributed by atoms with Crippen LogP contribution >= 0.6 is 0 Å². The van der Waals surface area contributed by atoms with E-state index in [-0.39, 0.29) is 17.9 Å². The van der Waals surface area contributed by atoms with Crippen LogP contribution in [0.3, 0.4) is 0 Å². The Morgan fingerprint density at radius 3 is 2.71 bits per heavy atom. The Morgan fingerprint density at radius 2 is 2.18 bits per heavy atom. The van der Waals surface area contributed by atoms with Crippen molar-refractivity contribution in [2.45, 2.75) is 0 Å². The van der Waals surface area contributed by atoms with Gasteiger partial charge in [0.15, 0.2) is 5.84 Å². The lowest BCUT2D eigenvalue weighted by Crippen LogP contribution is -2.36. The highest BCUT2D eigenvalue weighted by Gasteiger charge is 2.17. The zero-order valence-corrected chi connectivity index (χ0v) is 9.02. The number of nitrogens with zero attached hydrogens (tertiary/aromatic N) is 2. The minimum atomic E-state index is -0.957. The molecule has 17 heavy (non-hydrogen) atoms. The lowest BCUT2D eigenvalue weighted by molar-refractivity contribution is 0.0809. The van der Waals surface area contributed by atoms with Gasteiger partial charge in [-0.15, -0.1) is 0 Å². The van der Waals surface area contributed by atoms with Gasteiger partial charge in [-0.2, -0.15) is 0 Å². The largest absolute Gasteiger partial charge is 0.409 e. The average molecular weight is 243 g/mol. The molecule has 1 aromatic carbocycles. The summed E-state index contributed by atoms with van der Waals surface area (Å²) in [4.78, 5) is 12.7. The predicted octanol–water partition coefficient (Wildman–Crippen LogP) is 0.783. The van der Waals surface area contributed by atoms with Gasteiger partial charge in [-0.05, 0) is 12.1 Å². The molecule has 0 unspecified atom stereocenters. The van der Waals surface area contributed by atoms with Gasteiger partial charge < -0.3 is 15.8 Å². The topological polar surface area (TPSA) is 78.9 Å². The second-order valence-corrected chi connectivity index (χ2v) is 3.38. The summed E-state index contributed by atoms with van der Waals surface area (Å²) < 4.78 is 25.9. The zero-order chi connectivity index (χ0) is 13.0. The van der Waals surface area contributed by atoms with E-state index in [1.54, 1.807) is 0 Å². The molecule has 92 valence electrons. The maximum absolute atomic E-state index is 13.3. The van der Waals surface area contributed by atoms with Crippen molar-refractivity contribution in [3.8, 4) is 0 Å². The number of hydrogen-bond acceptors (Lipinski definition) is 3. The molecule has 0 aliphatic rings. The van der Waals surface area contributed by atoms with Crippen molar-refractivity contribution in [3.05, 3.63) is 35.4 Å². The van der Waals surface area contributed by atoms with E-state index in [1.807, 2.05) is 0 Å². The van der Waals surface area contributed by atoms with Crippen LogP contribution < -0.4 is 5.73 Å². The molecule has 5 nitrogen and oxygen atoms in total. The molecule has 0 aromatic heterocycles. The van der Waals surface area contributed by atoms with Gasteiger partial charge in [0.05, 0.1) is 12.1 Å². The maximum Gasteiger partial charge on any atom is 0.256 e. The summed E-state index contributed by atoms with van der Waals surface area (Å²) in [5, 5.41) is 11.0. The van der Waals surface area contributed by atoms with Crippen molar-refractivity contribution < 1.29 is 18.8 Å². The Hall–Kier alpha value is -2.18. The van der Waals surface area contributed by atoms with Crippen LogP contribution in [0.15, 0.2) is 23.4 Å². The van der Waals surface area contributed by atoms with Gasteiger partial charge in [0, 0.05) is 13.1 Å². The summed E-state index contributed by atoms with van der Waals surface area (Å²) in [5.41, 5.74) is 4.93. The van der Waals surface area contributed by atoms with E-state index in [9.17, 15) is 13.6 Å². The summed E-state index contributed by atoms with van der Waals surface area (Å²) in [6.07, 6.45) is 0. The highest BCUT2D eigenvalue weighted by molar-refractivity contribution is 5.97. The van der Waals surface area contributed by atoms with E-state index in [0.717, 1.165) is 17.0 Å². The highest BCUT2D eigenvalue weighted by Crippen LogP contribution is 2.11. The van der Waals surface area contributed by atoms with Crippen molar-refractivity contribution in [2.75, 3.05) is 13.6 Å². The maximum atomic E-state index is 13.3. The molecule has 7 heteroatoms. The number of amides is 1. The summed E-state index contributed by atoms with van der Waals surface area (Å²) in [6, 6.07) is 2.63. The number of carbonyl (C=O) groups excluding carboxylic acids is 1. The first-order valence-corrected chi connectivity index (χ1v) is 4.62. The van der Waals surface area contributed by atoms with E-state index in [0.29, 0.717) is 6.07 Å². The molecule has 0 fully saturated rings. The fourth-order valence-corrected chi connectivity index (χ4v) is 1.21. The van der Waals surface area contributed by atoms with Crippen molar-refractivity contribution >= 4 is 11.7 Å². The summed E-state index contributed by atoms with van der Waals surface area (Å²) in [6.45, 7) is -0.161. The van der Waals surface area contributed by atoms with Gasteiger partial charge in [0.25, 0.3) is 5.91 Å². The molecule has 0 aliphatic heterocycles. The van der Waals surface area contributed by atoms with Gasteiger partial charge in [-0.25, -0.2) is 8.78 Å². The third-order valence-corrected chi connectivity index (χ3v) is 2.04. The first-order chi connectivity index (χ1) is 7.95. The van der Waals surface area contributed by atoms with Gasteiger partial charge >= 0.3 is 0 Å². The van der Waals surface area contributed by atoms with Crippen molar-refractivity contribution in [1.29, 1.82) is 0 Å². The molecule has 1 amide bonds. The molecule has 1 aromatic rings. The smallest absolute Gasteiger partial charge is 0.256 e. The summed E-state index contributed by atoms with van der Waals surface area (Å²) >= 11 is 0. The lowest BCUT2D eigenvalue weighted by Gasteiger charge is -2.16. The molecule has 0 saturated carbocycles. The van der Waals surface area contributed by atoms with E-state index in [1.165, 1.54) is 7.05 Å². The fourth-order valence-electron chi connectivity index (χ4n) is 1.21. The molecular formula is C10H11F2N3O2. The van der Waals surface area contributed by atoms with Crippen LogP contribution in [0.2, 0.25) is 0 Å².